The van der Waals surface area contributed by atoms with Gasteiger partial charge in [0, 0.05) is 61.9 Å². The van der Waals surface area contributed by atoms with E-state index >= 15 is 0 Å². The first-order valence-electron chi connectivity index (χ1n) is 11.4. The van der Waals surface area contributed by atoms with Crippen LogP contribution >= 0.6 is 0 Å². The van der Waals surface area contributed by atoms with Gasteiger partial charge in [0.1, 0.15) is 6.33 Å². The summed E-state index contributed by atoms with van der Waals surface area (Å²) in [5.41, 5.74) is 8.23. The maximum atomic E-state index is 13.2. The Morgan fingerprint density at radius 1 is 0.912 bits per heavy atom. The molecule has 1 aromatic heterocycles. The molecular formula is C24H27N7O3. The Balaban J connectivity index is 1.29. The summed E-state index contributed by atoms with van der Waals surface area (Å²) in [6.07, 6.45) is 3.32. The molecule has 0 bridgehead atoms. The van der Waals surface area contributed by atoms with Crippen LogP contribution < -0.4 is 26.1 Å². The third-order valence-corrected chi connectivity index (χ3v) is 6.66. The molecule has 2 aliphatic rings. The van der Waals surface area contributed by atoms with Gasteiger partial charge in [0.05, 0.1) is 0 Å². The molecule has 10 nitrogen and oxygen atoms in total. The molecule has 0 radical (unpaired) electrons. The van der Waals surface area contributed by atoms with Gasteiger partial charge in [-0.1, -0.05) is 12.1 Å². The number of nitrogens with zero attached hydrogens (tertiary/aromatic N) is 6. The fourth-order valence-corrected chi connectivity index (χ4v) is 4.75. The topological polar surface area (TPSA) is 110 Å². The second-order valence-corrected chi connectivity index (χ2v) is 8.68. The molecule has 0 atom stereocenters. The van der Waals surface area contributed by atoms with Crippen LogP contribution in [-0.4, -0.2) is 52.5 Å². The monoisotopic (exact) mass is 461 g/mol. The van der Waals surface area contributed by atoms with Crippen molar-refractivity contribution in [2.24, 2.45) is 12.8 Å². The largest absolute Gasteiger partial charge is 0.371 e. The average Bonchev–Trinajstić information content (AvgIpc) is 3.41. The summed E-state index contributed by atoms with van der Waals surface area (Å²) in [4.78, 5) is 42.6. The van der Waals surface area contributed by atoms with Crippen molar-refractivity contribution >= 4 is 29.0 Å². The highest BCUT2D eigenvalue weighted by atomic mass is 16.2. The molecule has 2 saturated heterocycles. The fraction of sp³-hybridized carbons (Fsp3) is 0.333. The van der Waals surface area contributed by atoms with Gasteiger partial charge in [-0.25, -0.2) is 14.3 Å². The van der Waals surface area contributed by atoms with E-state index in [2.05, 4.69) is 16.1 Å². The van der Waals surface area contributed by atoms with Crippen molar-refractivity contribution in [3.8, 4) is 0 Å². The average molecular weight is 462 g/mol. The van der Waals surface area contributed by atoms with Crippen LogP contribution in [0.4, 0.5) is 21.9 Å². The van der Waals surface area contributed by atoms with Gasteiger partial charge in [0.15, 0.2) is 0 Å². The fourth-order valence-electron chi connectivity index (χ4n) is 4.75. The molecule has 3 heterocycles. The van der Waals surface area contributed by atoms with E-state index in [1.165, 1.54) is 4.68 Å². The number of hydrogen-bond acceptors (Lipinski definition) is 5. The van der Waals surface area contributed by atoms with E-state index in [9.17, 15) is 14.4 Å². The first-order valence-corrected chi connectivity index (χ1v) is 11.4. The number of aryl methyl sites for hydroxylation is 1. The van der Waals surface area contributed by atoms with Crippen LogP contribution in [0.5, 0.6) is 0 Å². The molecule has 176 valence electrons. The summed E-state index contributed by atoms with van der Waals surface area (Å²) in [6, 6.07) is 14.8. The number of benzene rings is 2. The number of primary amides is 1. The van der Waals surface area contributed by atoms with Gasteiger partial charge in [0.25, 0.3) is 0 Å². The Hall–Kier alpha value is -4.08. The zero-order valence-corrected chi connectivity index (χ0v) is 19.0. The SMILES string of the molecule is Cn1ncn(C2CCN(c3cccc(N4CCN(c5cccc(C(N)=O)c5)C4=O)c3)CC2)c1=O. The van der Waals surface area contributed by atoms with Crippen LogP contribution in [0.15, 0.2) is 59.7 Å². The number of piperidine rings is 1. The van der Waals surface area contributed by atoms with Gasteiger partial charge in [-0.05, 0) is 49.2 Å². The van der Waals surface area contributed by atoms with Gasteiger partial charge in [-0.3, -0.25) is 19.2 Å². The zero-order valence-electron chi connectivity index (χ0n) is 19.0. The van der Waals surface area contributed by atoms with E-state index in [1.54, 1.807) is 45.9 Å². The standard InChI is InChI=1S/C24H27N7O3/c1-27-23(33)31(16-26-27)18-8-10-28(11-9-18)19-5-3-7-21(15-19)30-13-12-29(24(30)34)20-6-2-4-17(14-20)22(25)32/h2-7,14-16,18H,8-13H2,1H3,(H2,25,32). The first-order chi connectivity index (χ1) is 16.4. The van der Waals surface area contributed by atoms with Gasteiger partial charge in [0.2, 0.25) is 5.91 Å². The lowest BCUT2D eigenvalue weighted by Gasteiger charge is -2.34. The molecule has 3 aromatic rings. The smallest absolute Gasteiger partial charge is 0.345 e. The first kappa shape index (κ1) is 21.7. The number of aromatic nitrogens is 3. The number of rotatable bonds is 5. The molecule has 0 spiro atoms. The maximum absolute atomic E-state index is 13.2. The molecule has 3 amide bonds. The van der Waals surface area contributed by atoms with E-state index < -0.39 is 5.91 Å². The van der Waals surface area contributed by atoms with Crippen molar-refractivity contribution in [3.63, 3.8) is 0 Å². The molecule has 2 aromatic carbocycles. The second kappa shape index (κ2) is 8.69. The van der Waals surface area contributed by atoms with E-state index in [0.29, 0.717) is 24.3 Å². The van der Waals surface area contributed by atoms with Crippen LogP contribution in [0.25, 0.3) is 0 Å². The molecule has 5 rings (SSSR count). The van der Waals surface area contributed by atoms with E-state index in [0.717, 1.165) is 37.3 Å². The molecule has 0 saturated carbocycles. The molecular weight excluding hydrogens is 434 g/mol. The summed E-state index contributed by atoms with van der Waals surface area (Å²) in [6.45, 7) is 2.70. The number of anilines is 3. The number of nitrogens with two attached hydrogens (primary N) is 1. The summed E-state index contributed by atoms with van der Waals surface area (Å²) in [7, 11) is 1.66. The van der Waals surface area contributed by atoms with Crippen LogP contribution in [0.1, 0.15) is 29.2 Å². The van der Waals surface area contributed by atoms with Crippen molar-refractivity contribution in [1.29, 1.82) is 0 Å². The molecule has 2 fully saturated rings. The third kappa shape index (κ3) is 3.91. The highest BCUT2D eigenvalue weighted by Crippen LogP contribution is 2.31. The predicted octanol–water partition coefficient (Wildman–Crippen LogP) is 1.97. The minimum atomic E-state index is -0.518. The van der Waals surface area contributed by atoms with Crippen molar-refractivity contribution in [3.05, 3.63) is 70.9 Å². The van der Waals surface area contributed by atoms with Crippen molar-refractivity contribution in [1.82, 2.24) is 14.3 Å². The highest BCUT2D eigenvalue weighted by molar-refractivity contribution is 6.07. The van der Waals surface area contributed by atoms with E-state index in [1.807, 2.05) is 24.3 Å². The Bertz CT molecular complexity index is 1290. The lowest BCUT2D eigenvalue weighted by molar-refractivity contribution is 0.1000. The molecule has 10 heteroatoms. The lowest BCUT2D eigenvalue weighted by atomic mass is 10.0. The minimum Gasteiger partial charge on any atom is -0.371 e. The molecule has 0 unspecified atom stereocenters. The summed E-state index contributed by atoms with van der Waals surface area (Å²) in [5.74, 6) is -0.518. The highest BCUT2D eigenvalue weighted by Gasteiger charge is 2.31. The van der Waals surface area contributed by atoms with Gasteiger partial charge < -0.3 is 10.6 Å². The van der Waals surface area contributed by atoms with Crippen molar-refractivity contribution < 1.29 is 9.59 Å². The zero-order chi connectivity index (χ0) is 23.8. The van der Waals surface area contributed by atoms with E-state index in [-0.39, 0.29) is 17.8 Å². The Morgan fingerprint density at radius 3 is 2.15 bits per heavy atom. The van der Waals surface area contributed by atoms with Crippen molar-refractivity contribution in [2.45, 2.75) is 18.9 Å². The summed E-state index contributed by atoms with van der Waals surface area (Å²) in [5, 5.41) is 4.06. The predicted molar refractivity (Wildman–Crippen MR) is 129 cm³/mol. The number of carbonyl (C=O) groups excluding carboxylic acids is 2. The number of urea groups is 1. The van der Waals surface area contributed by atoms with Crippen LogP contribution in [0, 0.1) is 0 Å². The maximum Gasteiger partial charge on any atom is 0.345 e. The summed E-state index contributed by atoms with van der Waals surface area (Å²) < 4.78 is 3.08. The Kier molecular flexibility index (Phi) is 5.56. The van der Waals surface area contributed by atoms with E-state index in [4.69, 9.17) is 5.73 Å². The Labute approximate surface area is 196 Å². The second-order valence-electron chi connectivity index (χ2n) is 8.68. The van der Waals surface area contributed by atoms with Gasteiger partial charge >= 0.3 is 11.7 Å². The number of hydrogen-bond donors (Lipinski definition) is 1. The normalized spacial score (nSPS) is 17.0. The third-order valence-electron chi connectivity index (χ3n) is 6.66. The van der Waals surface area contributed by atoms with Crippen LogP contribution in [0.3, 0.4) is 0 Å². The van der Waals surface area contributed by atoms with Crippen LogP contribution in [-0.2, 0) is 7.05 Å². The lowest BCUT2D eigenvalue weighted by Crippen LogP contribution is -2.37. The molecule has 2 aliphatic heterocycles. The Morgan fingerprint density at radius 2 is 1.53 bits per heavy atom. The molecule has 0 aliphatic carbocycles. The van der Waals surface area contributed by atoms with Crippen LogP contribution in [0.2, 0.25) is 0 Å². The summed E-state index contributed by atoms with van der Waals surface area (Å²) >= 11 is 0. The van der Waals surface area contributed by atoms with Crippen molar-refractivity contribution in [2.75, 3.05) is 40.9 Å². The number of amides is 3. The molecule has 34 heavy (non-hydrogen) atoms. The number of carbonyl (C=O) groups is 2. The van der Waals surface area contributed by atoms with Gasteiger partial charge in [-0.15, -0.1) is 0 Å². The van der Waals surface area contributed by atoms with Gasteiger partial charge in [-0.2, -0.15) is 5.10 Å². The quantitative estimate of drug-likeness (QED) is 0.625. The minimum absolute atomic E-state index is 0.0843. The molecule has 2 N–H and O–H groups in total.